The lowest BCUT2D eigenvalue weighted by Gasteiger charge is -2.25. The Kier molecular flexibility index (Phi) is 4.07. The van der Waals surface area contributed by atoms with Crippen molar-refractivity contribution in [2.24, 2.45) is 0 Å². The third kappa shape index (κ3) is 3.87. The van der Waals surface area contributed by atoms with Crippen LogP contribution in [-0.4, -0.2) is 42.3 Å². The van der Waals surface area contributed by atoms with E-state index in [9.17, 15) is 9.59 Å². The number of nitrogens with zero attached hydrogens (tertiary/aromatic N) is 1. The molecule has 0 unspecified atom stereocenters. The van der Waals surface area contributed by atoms with E-state index in [1.165, 1.54) is 0 Å². The fourth-order valence-corrected chi connectivity index (χ4v) is 1.61. The van der Waals surface area contributed by atoms with Gasteiger partial charge < -0.3 is 5.32 Å². The van der Waals surface area contributed by atoms with Crippen LogP contribution < -0.4 is 5.32 Å². The second kappa shape index (κ2) is 5.10. The highest BCUT2D eigenvalue weighted by molar-refractivity contribution is 5.83. The third-order valence-electron chi connectivity index (χ3n) is 2.15. The summed E-state index contributed by atoms with van der Waals surface area (Å²) < 4.78 is 0. The predicted octanol–water partition coefficient (Wildman–Crippen LogP) is 0.176. The molecule has 0 atom stereocenters. The molecule has 1 N–H and O–H groups in total. The summed E-state index contributed by atoms with van der Waals surface area (Å²) in [6.07, 6.45) is 1.55. The van der Waals surface area contributed by atoms with E-state index in [4.69, 9.17) is 0 Å². The van der Waals surface area contributed by atoms with Crippen molar-refractivity contribution in [3.63, 3.8) is 0 Å². The Balaban J connectivity index is 2.29. The second-order valence-electron chi connectivity index (χ2n) is 4.08. The van der Waals surface area contributed by atoms with E-state index in [0.717, 1.165) is 13.0 Å². The highest BCUT2D eigenvalue weighted by Crippen LogP contribution is 2.04. The van der Waals surface area contributed by atoms with Crippen molar-refractivity contribution in [1.82, 2.24) is 10.2 Å². The van der Waals surface area contributed by atoms with E-state index in [-0.39, 0.29) is 17.7 Å². The molecule has 0 aromatic rings. The molecule has 1 amide bonds. The molecule has 0 spiro atoms. The van der Waals surface area contributed by atoms with E-state index < -0.39 is 0 Å². The summed E-state index contributed by atoms with van der Waals surface area (Å²) in [4.78, 5) is 24.4. The van der Waals surface area contributed by atoms with Crippen LogP contribution in [0.3, 0.4) is 0 Å². The van der Waals surface area contributed by atoms with E-state index >= 15 is 0 Å². The molecule has 0 aromatic heterocycles. The van der Waals surface area contributed by atoms with Gasteiger partial charge in [0.1, 0.15) is 5.78 Å². The van der Waals surface area contributed by atoms with Gasteiger partial charge in [0, 0.05) is 12.5 Å². The zero-order valence-electron chi connectivity index (χ0n) is 8.88. The summed E-state index contributed by atoms with van der Waals surface area (Å²) in [5.41, 5.74) is 0. The fourth-order valence-electron chi connectivity index (χ4n) is 1.61. The van der Waals surface area contributed by atoms with Gasteiger partial charge in [-0.2, -0.15) is 0 Å². The minimum absolute atomic E-state index is 0.00898. The first-order valence-electron chi connectivity index (χ1n) is 5.11. The Hall–Kier alpha value is -0.900. The van der Waals surface area contributed by atoms with Gasteiger partial charge in [-0.3, -0.25) is 14.5 Å². The Morgan fingerprint density at radius 3 is 2.86 bits per heavy atom. The molecular weight excluding hydrogens is 180 g/mol. The summed E-state index contributed by atoms with van der Waals surface area (Å²) in [6.45, 7) is 5.51. The maximum Gasteiger partial charge on any atom is 0.234 e. The van der Waals surface area contributed by atoms with Gasteiger partial charge in [-0.1, -0.05) is 0 Å². The molecule has 0 radical (unpaired) electrons. The van der Waals surface area contributed by atoms with Crippen LogP contribution in [0.5, 0.6) is 0 Å². The van der Waals surface area contributed by atoms with E-state index in [1.54, 1.807) is 0 Å². The smallest absolute Gasteiger partial charge is 0.234 e. The number of hydrogen-bond acceptors (Lipinski definition) is 3. The normalized spacial score (nSPS) is 18.6. The number of rotatable bonds is 3. The van der Waals surface area contributed by atoms with Gasteiger partial charge >= 0.3 is 0 Å². The first kappa shape index (κ1) is 11.2. The van der Waals surface area contributed by atoms with E-state index in [2.05, 4.69) is 5.32 Å². The minimum atomic E-state index is 0.00898. The van der Waals surface area contributed by atoms with Crippen LogP contribution in [0.1, 0.15) is 26.7 Å². The van der Waals surface area contributed by atoms with Gasteiger partial charge in [-0.25, -0.2) is 0 Å². The lowest BCUT2D eigenvalue weighted by molar-refractivity contribution is -0.126. The first-order valence-corrected chi connectivity index (χ1v) is 5.11. The number of carbonyl (C=O) groups is 2. The Morgan fingerprint density at radius 2 is 2.29 bits per heavy atom. The maximum absolute atomic E-state index is 11.4. The van der Waals surface area contributed by atoms with Crippen molar-refractivity contribution in [3.8, 4) is 0 Å². The van der Waals surface area contributed by atoms with Crippen LogP contribution in [0.2, 0.25) is 0 Å². The first-order chi connectivity index (χ1) is 6.58. The van der Waals surface area contributed by atoms with Crippen molar-refractivity contribution in [2.45, 2.75) is 32.7 Å². The van der Waals surface area contributed by atoms with Crippen LogP contribution in [0.15, 0.2) is 0 Å². The largest absolute Gasteiger partial charge is 0.353 e. The highest BCUT2D eigenvalue weighted by Gasteiger charge is 2.18. The molecule has 80 valence electrons. The van der Waals surface area contributed by atoms with Crippen LogP contribution in [0, 0.1) is 0 Å². The quantitative estimate of drug-likeness (QED) is 0.703. The molecule has 1 aliphatic rings. The molecule has 1 saturated heterocycles. The lowest BCUT2D eigenvalue weighted by atomic mass is 10.1. The highest BCUT2D eigenvalue weighted by atomic mass is 16.2. The molecule has 1 heterocycles. The van der Waals surface area contributed by atoms with E-state index in [0.29, 0.717) is 19.5 Å². The van der Waals surface area contributed by atoms with Crippen molar-refractivity contribution >= 4 is 11.7 Å². The molecule has 4 nitrogen and oxygen atoms in total. The number of amides is 1. The predicted molar refractivity (Wildman–Crippen MR) is 54.0 cm³/mol. The summed E-state index contributed by atoms with van der Waals surface area (Å²) >= 11 is 0. The molecule has 1 rings (SSSR count). The molecule has 0 saturated carbocycles. The number of nitrogens with one attached hydrogen (secondary N) is 1. The Morgan fingerprint density at radius 1 is 1.57 bits per heavy atom. The van der Waals surface area contributed by atoms with Crippen molar-refractivity contribution in [3.05, 3.63) is 0 Å². The van der Waals surface area contributed by atoms with Crippen LogP contribution in [-0.2, 0) is 9.59 Å². The average Bonchev–Trinajstić information content (AvgIpc) is 2.01. The van der Waals surface area contributed by atoms with Crippen LogP contribution >= 0.6 is 0 Å². The monoisotopic (exact) mass is 198 g/mol. The molecule has 1 aliphatic heterocycles. The number of likely N-dealkylation sites (tertiary alicyclic amines) is 1. The molecule has 4 heteroatoms. The third-order valence-corrected chi connectivity index (χ3v) is 2.15. The Labute approximate surface area is 84.7 Å². The van der Waals surface area contributed by atoms with Crippen molar-refractivity contribution in [1.29, 1.82) is 0 Å². The fraction of sp³-hybridized carbons (Fsp3) is 0.800. The maximum atomic E-state index is 11.4. The Bertz CT molecular complexity index is 226. The molecule has 0 bridgehead atoms. The lowest BCUT2D eigenvalue weighted by Crippen LogP contribution is -2.44. The number of hydrogen-bond donors (Lipinski definition) is 1. The van der Waals surface area contributed by atoms with Crippen LogP contribution in [0.25, 0.3) is 0 Å². The minimum Gasteiger partial charge on any atom is -0.353 e. The SMILES string of the molecule is CC(C)NC(=O)CN1CCCC(=O)C1. The van der Waals surface area contributed by atoms with Crippen molar-refractivity contribution in [2.75, 3.05) is 19.6 Å². The van der Waals surface area contributed by atoms with Gasteiger partial charge in [-0.15, -0.1) is 0 Å². The molecular formula is C10H18N2O2. The molecule has 0 aromatic carbocycles. The topological polar surface area (TPSA) is 49.4 Å². The van der Waals surface area contributed by atoms with Crippen LogP contribution in [0.4, 0.5) is 0 Å². The summed E-state index contributed by atoms with van der Waals surface area (Å²) in [6, 6.07) is 0.169. The van der Waals surface area contributed by atoms with Crippen molar-refractivity contribution < 1.29 is 9.59 Å². The second-order valence-corrected chi connectivity index (χ2v) is 4.08. The van der Waals surface area contributed by atoms with Gasteiger partial charge in [0.2, 0.25) is 5.91 Å². The summed E-state index contributed by atoms with van der Waals surface area (Å²) in [5.74, 6) is 0.253. The summed E-state index contributed by atoms with van der Waals surface area (Å²) in [5, 5.41) is 2.81. The van der Waals surface area contributed by atoms with E-state index in [1.807, 2.05) is 18.7 Å². The van der Waals surface area contributed by atoms with Gasteiger partial charge in [0.15, 0.2) is 0 Å². The number of ketones is 1. The molecule has 1 fully saturated rings. The van der Waals surface area contributed by atoms with Gasteiger partial charge in [0.05, 0.1) is 13.1 Å². The average molecular weight is 198 g/mol. The zero-order chi connectivity index (χ0) is 10.6. The van der Waals surface area contributed by atoms with Gasteiger partial charge in [0.25, 0.3) is 0 Å². The number of piperidine rings is 1. The number of Topliss-reactive ketones (excluding diaryl/α,β-unsaturated/α-hetero) is 1. The van der Waals surface area contributed by atoms with Gasteiger partial charge in [-0.05, 0) is 26.8 Å². The molecule has 14 heavy (non-hydrogen) atoms. The standard InChI is InChI=1S/C10H18N2O2/c1-8(2)11-10(14)7-12-5-3-4-9(13)6-12/h8H,3-7H2,1-2H3,(H,11,14). The summed E-state index contributed by atoms with van der Waals surface area (Å²) in [7, 11) is 0. The number of carbonyl (C=O) groups excluding carboxylic acids is 2. The zero-order valence-corrected chi connectivity index (χ0v) is 8.88. The molecule has 0 aliphatic carbocycles.